The summed E-state index contributed by atoms with van der Waals surface area (Å²) in [6.07, 6.45) is -1.08. The first-order chi connectivity index (χ1) is 13.7. The van der Waals surface area contributed by atoms with E-state index in [1.165, 1.54) is 21.0 Å². The molecule has 1 aromatic heterocycles. The molecule has 1 amide bonds. The lowest BCUT2D eigenvalue weighted by Crippen LogP contribution is -2.34. The van der Waals surface area contributed by atoms with Crippen molar-refractivity contribution in [2.75, 3.05) is 13.7 Å². The second-order valence-electron chi connectivity index (χ2n) is 6.56. The van der Waals surface area contributed by atoms with Gasteiger partial charge in [-0.05, 0) is 45.4 Å². The maximum atomic E-state index is 12.6. The summed E-state index contributed by atoms with van der Waals surface area (Å²) in [5.74, 6) is -1.50. The third kappa shape index (κ3) is 4.90. The number of ketones is 2. The molecule has 0 bridgehead atoms. The molecule has 2 aromatic rings. The van der Waals surface area contributed by atoms with Crippen molar-refractivity contribution in [3.8, 4) is 5.75 Å². The lowest BCUT2D eigenvalue weighted by atomic mass is 10.0. The Labute approximate surface area is 168 Å². The predicted octanol–water partition coefficient (Wildman–Crippen LogP) is 2.39. The van der Waals surface area contributed by atoms with E-state index in [1.54, 1.807) is 38.1 Å². The number of carbonyl (C=O) groups excluding carboxylic acids is 4. The molecular weight excluding hydrogens is 376 g/mol. The van der Waals surface area contributed by atoms with E-state index in [4.69, 9.17) is 9.47 Å². The van der Waals surface area contributed by atoms with E-state index in [0.29, 0.717) is 22.6 Å². The normalized spacial score (nSPS) is 11.5. The number of hydrogen-bond acceptors (Lipinski definition) is 6. The zero-order valence-electron chi connectivity index (χ0n) is 17.0. The molecule has 2 rings (SSSR count). The van der Waals surface area contributed by atoms with Crippen LogP contribution in [0.2, 0.25) is 0 Å². The van der Waals surface area contributed by atoms with Gasteiger partial charge < -0.3 is 19.8 Å². The Morgan fingerprint density at radius 2 is 1.79 bits per heavy atom. The molecule has 8 nitrogen and oxygen atoms in total. The van der Waals surface area contributed by atoms with Gasteiger partial charge in [-0.15, -0.1) is 0 Å². The first-order valence-corrected chi connectivity index (χ1v) is 9.02. The van der Waals surface area contributed by atoms with Crippen LogP contribution < -0.4 is 10.1 Å². The van der Waals surface area contributed by atoms with E-state index in [0.717, 1.165) is 0 Å². The molecule has 0 aliphatic heterocycles. The van der Waals surface area contributed by atoms with E-state index in [9.17, 15) is 19.2 Å². The number of rotatable bonds is 8. The van der Waals surface area contributed by atoms with Crippen LogP contribution >= 0.6 is 0 Å². The van der Waals surface area contributed by atoms with E-state index in [1.807, 2.05) is 0 Å². The maximum Gasteiger partial charge on any atom is 0.326 e. The van der Waals surface area contributed by atoms with Crippen molar-refractivity contribution in [2.24, 2.45) is 0 Å². The van der Waals surface area contributed by atoms with Gasteiger partial charge in [0.15, 0.2) is 11.9 Å². The molecule has 1 aromatic carbocycles. The minimum Gasteiger partial charge on any atom is -0.496 e. The van der Waals surface area contributed by atoms with Crippen molar-refractivity contribution in [1.82, 2.24) is 10.3 Å². The fourth-order valence-electron chi connectivity index (χ4n) is 3.10. The summed E-state index contributed by atoms with van der Waals surface area (Å²) in [5, 5.41) is 2.44. The summed E-state index contributed by atoms with van der Waals surface area (Å²) >= 11 is 0. The quantitative estimate of drug-likeness (QED) is 0.519. The topological polar surface area (TPSA) is 115 Å². The lowest BCUT2D eigenvalue weighted by molar-refractivity contribution is -0.145. The third-order valence-electron chi connectivity index (χ3n) is 4.46. The highest BCUT2D eigenvalue weighted by atomic mass is 16.5. The number of H-pyrrole nitrogens is 1. The smallest absolute Gasteiger partial charge is 0.326 e. The molecule has 29 heavy (non-hydrogen) atoms. The number of aromatic nitrogens is 1. The van der Waals surface area contributed by atoms with Crippen molar-refractivity contribution >= 4 is 23.4 Å². The number of aryl methyl sites for hydroxylation is 1. The summed E-state index contributed by atoms with van der Waals surface area (Å²) in [5.41, 5.74) is 2.07. The van der Waals surface area contributed by atoms with Crippen LogP contribution in [0, 0.1) is 13.8 Å². The molecule has 1 heterocycles. The van der Waals surface area contributed by atoms with Crippen LogP contribution in [0.4, 0.5) is 0 Å². The number of amides is 1. The first kappa shape index (κ1) is 21.9. The van der Waals surface area contributed by atoms with Gasteiger partial charge in [-0.2, -0.15) is 0 Å². The standard InChI is InChI=1S/C21H24N2O6/c1-11-18(13(3)24)12(2)23-19(11)20(26)14(4)29-17(25)10-22-21(27)15-8-6-7-9-16(15)28-5/h6-9,14,23H,10H2,1-5H3,(H,22,27)/t14-/m1/s1. The first-order valence-electron chi connectivity index (χ1n) is 9.02. The van der Waals surface area contributed by atoms with Gasteiger partial charge in [0, 0.05) is 11.3 Å². The molecule has 0 aliphatic rings. The van der Waals surface area contributed by atoms with E-state index < -0.39 is 30.3 Å². The van der Waals surface area contributed by atoms with Gasteiger partial charge in [-0.25, -0.2) is 0 Å². The molecular formula is C21H24N2O6. The zero-order chi connectivity index (χ0) is 21.7. The largest absolute Gasteiger partial charge is 0.496 e. The highest BCUT2D eigenvalue weighted by Gasteiger charge is 2.26. The number of methoxy groups -OCH3 is 1. The van der Waals surface area contributed by atoms with Crippen LogP contribution in [0.25, 0.3) is 0 Å². The van der Waals surface area contributed by atoms with Gasteiger partial charge in [0.25, 0.3) is 5.91 Å². The Hall–Kier alpha value is -3.42. The molecule has 0 radical (unpaired) electrons. The lowest BCUT2D eigenvalue weighted by Gasteiger charge is -2.13. The van der Waals surface area contributed by atoms with Gasteiger partial charge >= 0.3 is 5.97 Å². The number of ether oxygens (including phenoxy) is 2. The minimum atomic E-state index is -1.08. The average molecular weight is 400 g/mol. The van der Waals surface area contributed by atoms with E-state index in [2.05, 4.69) is 10.3 Å². The highest BCUT2D eigenvalue weighted by Crippen LogP contribution is 2.20. The van der Waals surface area contributed by atoms with Crippen molar-refractivity contribution in [2.45, 2.75) is 33.8 Å². The molecule has 0 unspecified atom stereocenters. The second kappa shape index (κ2) is 9.18. The third-order valence-corrected chi connectivity index (χ3v) is 4.46. The van der Waals surface area contributed by atoms with Crippen LogP contribution in [0.3, 0.4) is 0 Å². The number of Topliss-reactive ketones (excluding diaryl/α,β-unsaturated/α-hetero) is 2. The zero-order valence-corrected chi connectivity index (χ0v) is 17.0. The van der Waals surface area contributed by atoms with Crippen LogP contribution in [0.15, 0.2) is 24.3 Å². The highest BCUT2D eigenvalue weighted by molar-refractivity contribution is 6.05. The fraction of sp³-hybridized carbons (Fsp3) is 0.333. The summed E-state index contributed by atoms with van der Waals surface area (Å²) in [7, 11) is 1.44. The van der Waals surface area contributed by atoms with Crippen molar-refractivity contribution < 1.29 is 28.7 Å². The van der Waals surface area contributed by atoms with Crippen molar-refractivity contribution in [1.29, 1.82) is 0 Å². The number of benzene rings is 1. The maximum absolute atomic E-state index is 12.6. The van der Waals surface area contributed by atoms with Crippen molar-refractivity contribution in [3.05, 3.63) is 52.3 Å². The predicted molar refractivity (Wildman–Crippen MR) is 105 cm³/mol. The molecule has 0 saturated carbocycles. The van der Waals surface area contributed by atoms with Gasteiger partial charge in [0.1, 0.15) is 12.3 Å². The second-order valence-corrected chi connectivity index (χ2v) is 6.56. The SMILES string of the molecule is COc1ccccc1C(=O)NCC(=O)O[C@H](C)C(=O)c1[nH]c(C)c(C(C)=O)c1C. The Morgan fingerprint density at radius 3 is 2.38 bits per heavy atom. The van der Waals surface area contributed by atoms with E-state index in [-0.39, 0.29) is 17.0 Å². The molecule has 0 saturated heterocycles. The monoisotopic (exact) mass is 400 g/mol. The Kier molecular flexibility index (Phi) is 6.93. The molecule has 0 fully saturated rings. The van der Waals surface area contributed by atoms with Crippen LogP contribution in [0.5, 0.6) is 5.75 Å². The number of carbonyl (C=O) groups is 4. The molecule has 1 atom stereocenters. The Balaban J connectivity index is 1.99. The van der Waals surface area contributed by atoms with Crippen LogP contribution in [-0.4, -0.2) is 48.2 Å². The summed E-state index contributed by atoms with van der Waals surface area (Å²) in [4.78, 5) is 51.5. The van der Waals surface area contributed by atoms with Gasteiger partial charge in [0.2, 0.25) is 5.78 Å². The molecule has 8 heteroatoms. The average Bonchev–Trinajstić information content (AvgIpc) is 2.99. The van der Waals surface area contributed by atoms with E-state index >= 15 is 0 Å². The fourth-order valence-corrected chi connectivity index (χ4v) is 3.10. The summed E-state index contributed by atoms with van der Waals surface area (Å²) < 4.78 is 10.2. The minimum absolute atomic E-state index is 0.154. The summed E-state index contributed by atoms with van der Waals surface area (Å²) in [6, 6.07) is 6.59. The molecule has 2 N–H and O–H groups in total. The number of para-hydroxylation sites is 1. The van der Waals surface area contributed by atoms with Gasteiger partial charge in [0.05, 0.1) is 18.4 Å². The number of esters is 1. The van der Waals surface area contributed by atoms with Crippen LogP contribution in [0.1, 0.15) is 56.3 Å². The summed E-state index contributed by atoms with van der Waals surface area (Å²) in [6.45, 7) is 5.81. The Bertz CT molecular complexity index is 960. The van der Waals surface area contributed by atoms with Gasteiger partial charge in [-0.3, -0.25) is 19.2 Å². The van der Waals surface area contributed by atoms with Gasteiger partial charge in [-0.1, -0.05) is 12.1 Å². The molecule has 0 aliphatic carbocycles. The van der Waals surface area contributed by atoms with Crippen molar-refractivity contribution in [3.63, 3.8) is 0 Å². The molecule has 0 spiro atoms. The number of nitrogens with one attached hydrogen (secondary N) is 2. The number of hydrogen-bond donors (Lipinski definition) is 2. The number of aromatic amines is 1. The van der Waals surface area contributed by atoms with Crippen LogP contribution in [-0.2, 0) is 9.53 Å². The molecule has 154 valence electrons. The Morgan fingerprint density at radius 1 is 1.14 bits per heavy atom.